The van der Waals surface area contributed by atoms with E-state index >= 15 is 0 Å². The van der Waals surface area contributed by atoms with Gasteiger partial charge in [-0.1, -0.05) is 11.5 Å². The monoisotopic (exact) mass is 339 g/mol. The lowest BCUT2D eigenvalue weighted by molar-refractivity contribution is -0.0898. The van der Waals surface area contributed by atoms with Crippen LogP contribution >= 0.6 is 0 Å². The van der Waals surface area contributed by atoms with Crippen LogP contribution in [0.3, 0.4) is 0 Å². The lowest BCUT2D eigenvalue weighted by Crippen LogP contribution is -2.50. The summed E-state index contributed by atoms with van der Waals surface area (Å²) in [6, 6.07) is -0.00357. The van der Waals surface area contributed by atoms with E-state index in [0.717, 1.165) is 11.9 Å². The van der Waals surface area contributed by atoms with Crippen LogP contribution in [0.25, 0.3) is 0 Å². The van der Waals surface area contributed by atoms with Gasteiger partial charge in [-0.2, -0.15) is 0 Å². The number of carbonyl (C=O) groups is 1. The molecule has 0 unspecified atom stereocenters. The number of rotatable bonds is 4. The Morgan fingerprint density at radius 2 is 1.75 bits per heavy atom. The topological polar surface area (TPSA) is 59.0 Å². The van der Waals surface area contributed by atoms with Gasteiger partial charge in [0.15, 0.2) is 0 Å². The lowest BCUT2D eigenvalue weighted by Gasteiger charge is -2.40. The number of amides is 1. The second-order valence-electron chi connectivity index (χ2n) is 8.86. The second kappa shape index (κ2) is 7.08. The van der Waals surface area contributed by atoms with Crippen molar-refractivity contribution in [2.45, 2.75) is 97.6 Å². The third-order valence-corrected chi connectivity index (χ3v) is 4.64. The molecule has 0 aromatic heterocycles. The molecule has 0 aromatic carbocycles. The molecule has 1 aliphatic heterocycles. The SMILES string of the molecule is C[C@@H]1C=C(BOC(C)(C)C(C)(C)O)C[C@H](C)N1C(=O)OC(C)(C)C. The van der Waals surface area contributed by atoms with E-state index in [9.17, 15) is 9.90 Å². The van der Waals surface area contributed by atoms with Crippen molar-refractivity contribution in [2.24, 2.45) is 0 Å². The first-order valence-electron chi connectivity index (χ1n) is 8.71. The fraction of sp³-hybridized carbons (Fsp3) is 0.833. The molecular formula is C18H34BNO4. The summed E-state index contributed by atoms with van der Waals surface area (Å²) in [5, 5.41) is 10.2. The summed E-state index contributed by atoms with van der Waals surface area (Å²) in [6.07, 6.45) is 2.52. The predicted molar refractivity (Wildman–Crippen MR) is 98.3 cm³/mol. The molecule has 0 aliphatic carbocycles. The summed E-state index contributed by atoms with van der Waals surface area (Å²) >= 11 is 0. The van der Waals surface area contributed by atoms with Crippen molar-refractivity contribution < 1.29 is 19.3 Å². The van der Waals surface area contributed by atoms with Gasteiger partial charge in [0.2, 0.25) is 0 Å². The highest BCUT2D eigenvalue weighted by Crippen LogP contribution is 2.28. The molecule has 0 aromatic rings. The molecule has 1 heterocycles. The fourth-order valence-corrected chi connectivity index (χ4v) is 2.59. The molecule has 2 atom stereocenters. The van der Waals surface area contributed by atoms with E-state index in [4.69, 9.17) is 9.39 Å². The summed E-state index contributed by atoms with van der Waals surface area (Å²) in [7, 11) is 0.452. The summed E-state index contributed by atoms with van der Waals surface area (Å²) in [4.78, 5) is 14.2. The highest BCUT2D eigenvalue weighted by Gasteiger charge is 2.37. The van der Waals surface area contributed by atoms with Crippen LogP contribution in [-0.2, 0) is 9.39 Å². The minimum atomic E-state index is -0.929. The minimum Gasteiger partial charge on any atom is -0.444 e. The number of ether oxygens (including phenoxy) is 1. The fourth-order valence-electron chi connectivity index (χ4n) is 2.59. The Labute approximate surface area is 147 Å². The summed E-state index contributed by atoms with van der Waals surface area (Å²) in [5.41, 5.74) is -0.933. The van der Waals surface area contributed by atoms with Crippen LogP contribution in [0.4, 0.5) is 4.79 Å². The summed E-state index contributed by atoms with van der Waals surface area (Å²) in [6.45, 7) is 16.9. The predicted octanol–water partition coefficient (Wildman–Crippen LogP) is 3.21. The molecule has 0 bridgehead atoms. The van der Waals surface area contributed by atoms with Gasteiger partial charge in [0.25, 0.3) is 0 Å². The van der Waals surface area contributed by atoms with Gasteiger partial charge in [-0.15, -0.1) is 0 Å². The smallest absolute Gasteiger partial charge is 0.411 e. The summed E-state index contributed by atoms with van der Waals surface area (Å²) < 4.78 is 11.5. The van der Waals surface area contributed by atoms with Gasteiger partial charge in [0.05, 0.1) is 17.2 Å². The van der Waals surface area contributed by atoms with Gasteiger partial charge in [-0.3, -0.25) is 4.90 Å². The molecule has 6 heteroatoms. The van der Waals surface area contributed by atoms with Crippen molar-refractivity contribution >= 4 is 13.6 Å². The van der Waals surface area contributed by atoms with Crippen LogP contribution in [0.2, 0.25) is 0 Å². The number of hydrogen-bond acceptors (Lipinski definition) is 4. The van der Waals surface area contributed by atoms with Gasteiger partial charge in [-0.25, -0.2) is 4.79 Å². The van der Waals surface area contributed by atoms with Gasteiger partial charge < -0.3 is 14.5 Å². The highest BCUT2D eigenvalue weighted by molar-refractivity contribution is 6.38. The molecule has 0 spiro atoms. The molecule has 1 rings (SSSR count). The lowest BCUT2D eigenvalue weighted by atomic mass is 9.76. The van der Waals surface area contributed by atoms with Crippen LogP contribution in [-0.4, -0.2) is 52.5 Å². The van der Waals surface area contributed by atoms with Crippen LogP contribution in [0.1, 0.15) is 68.7 Å². The molecule has 0 fully saturated rings. The molecule has 24 heavy (non-hydrogen) atoms. The third kappa shape index (κ3) is 5.52. The molecule has 1 amide bonds. The quantitative estimate of drug-likeness (QED) is 0.799. The Balaban J connectivity index is 2.77. The number of aliphatic hydroxyl groups is 1. The Kier molecular flexibility index (Phi) is 6.21. The van der Waals surface area contributed by atoms with Crippen molar-refractivity contribution in [1.29, 1.82) is 0 Å². The van der Waals surface area contributed by atoms with Gasteiger partial charge in [-0.05, 0) is 68.7 Å². The van der Waals surface area contributed by atoms with Crippen LogP contribution in [0.15, 0.2) is 11.5 Å². The van der Waals surface area contributed by atoms with Crippen molar-refractivity contribution in [1.82, 2.24) is 4.90 Å². The van der Waals surface area contributed by atoms with Gasteiger partial charge >= 0.3 is 13.6 Å². The molecule has 0 saturated carbocycles. The molecule has 0 saturated heterocycles. The van der Waals surface area contributed by atoms with E-state index in [-0.39, 0.29) is 18.2 Å². The molecule has 1 N–H and O–H groups in total. The second-order valence-corrected chi connectivity index (χ2v) is 8.86. The van der Waals surface area contributed by atoms with Crippen LogP contribution in [0, 0.1) is 0 Å². The van der Waals surface area contributed by atoms with Crippen molar-refractivity contribution in [2.75, 3.05) is 0 Å². The first kappa shape index (κ1) is 21.0. The van der Waals surface area contributed by atoms with E-state index in [1.54, 1.807) is 18.7 Å². The zero-order valence-corrected chi connectivity index (χ0v) is 16.8. The normalized spacial score (nSPS) is 22.9. The van der Waals surface area contributed by atoms with E-state index in [0.29, 0.717) is 7.48 Å². The Bertz CT molecular complexity index is 488. The molecule has 138 valence electrons. The molecule has 5 nitrogen and oxygen atoms in total. The summed E-state index contributed by atoms with van der Waals surface area (Å²) in [5.74, 6) is 0. The van der Waals surface area contributed by atoms with Crippen molar-refractivity contribution in [3.05, 3.63) is 11.5 Å². The maximum Gasteiger partial charge on any atom is 0.411 e. The maximum absolute atomic E-state index is 12.4. The molecule has 1 aliphatic rings. The van der Waals surface area contributed by atoms with E-state index in [1.165, 1.54) is 0 Å². The maximum atomic E-state index is 12.4. The highest BCUT2D eigenvalue weighted by atomic mass is 16.6. The van der Waals surface area contributed by atoms with Gasteiger partial charge in [0, 0.05) is 6.04 Å². The number of hydrogen-bond donors (Lipinski definition) is 1. The average molecular weight is 339 g/mol. The van der Waals surface area contributed by atoms with Crippen molar-refractivity contribution in [3.63, 3.8) is 0 Å². The minimum absolute atomic E-state index is 0.0451. The van der Waals surface area contributed by atoms with Crippen LogP contribution in [0.5, 0.6) is 0 Å². The Hall–Kier alpha value is -1.01. The third-order valence-electron chi connectivity index (χ3n) is 4.64. The molecule has 0 radical (unpaired) electrons. The van der Waals surface area contributed by atoms with Gasteiger partial charge in [0.1, 0.15) is 5.60 Å². The van der Waals surface area contributed by atoms with E-state index in [1.807, 2.05) is 48.5 Å². The van der Waals surface area contributed by atoms with Crippen LogP contribution < -0.4 is 0 Å². The Morgan fingerprint density at radius 1 is 1.21 bits per heavy atom. The largest absolute Gasteiger partial charge is 0.444 e. The zero-order chi connectivity index (χ0) is 18.9. The Morgan fingerprint density at radius 3 is 2.17 bits per heavy atom. The standard InChI is InChI=1S/C18H34BNO4/c1-12-10-14(19-24-18(8,9)17(6,7)22)11-13(2)20(12)15(21)23-16(3,4)5/h10,12-13,19,22H,11H2,1-9H3/t12-,13+/m1/s1. The van der Waals surface area contributed by atoms with E-state index in [2.05, 4.69) is 6.08 Å². The number of carbonyl (C=O) groups excluding carboxylic acids is 1. The first-order chi connectivity index (χ1) is 10.6. The van der Waals surface area contributed by atoms with Crippen molar-refractivity contribution in [3.8, 4) is 0 Å². The number of nitrogens with zero attached hydrogens (tertiary/aromatic N) is 1. The van der Waals surface area contributed by atoms with E-state index < -0.39 is 16.8 Å². The molecular weight excluding hydrogens is 305 g/mol. The first-order valence-corrected chi connectivity index (χ1v) is 8.71. The zero-order valence-electron chi connectivity index (χ0n) is 16.8. The average Bonchev–Trinajstić information content (AvgIpc) is 2.31.